The first-order valence-electron chi connectivity index (χ1n) is 26.6. The number of carbonyl (C=O) groups excluding carboxylic acids is 2. The van der Waals surface area contributed by atoms with Gasteiger partial charge in [-0.2, -0.15) is 0 Å². The minimum Gasteiger partial charge on any atom is -0.756 e. The van der Waals surface area contributed by atoms with Gasteiger partial charge in [0.2, 0.25) is 5.91 Å². The van der Waals surface area contributed by atoms with E-state index in [0.29, 0.717) is 23.9 Å². The number of hydrogen-bond donors (Lipinski definition) is 1. The number of nitrogens with one attached hydrogen (secondary N) is 1. The summed E-state index contributed by atoms with van der Waals surface area (Å²) in [5.41, 5.74) is 0. The molecule has 0 aromatic heterocycles. The number of unbranched alkanes of at least 4 members (excludes halogenated alkanes) is 25. The number of phosphoric ester groups is 1. The summed E-state index contributed by atoms with van der Waals surface area (Å²) in [5.74, 6) is -0.569. The first kappa shape index (κ1) is 62.7. The smallest absolute Gasteiger partial charge is 0.306 e. The first-order chi connectivity index (χ1) is 31.4. The normalized spacial score (nSPS) is 14.4. The lowest BCUT2D eigenvalue weighted by Gasteiger charge is -2.30. The number of allylic oxidation sites excluding steroid dienone is 9. The molecule has 0 aromatic rings. The first-order valence-corrected chi connectivity index (χ1v) is 28.1. The lowest BCUT2D eigenvalue weighted by atomic mass is 10.0. The van der Waals surface area contributed by atoms with Gasteiger partial charge in [0.05, 0.1) is 33.8 Å². The number of phosphoric acid groups is 1. The second-order valence-electron chi connectivity index (χ2n) is 19.1. The molecule has 3 atom stereocenters. The van der Waals surface area contributed by atoms with Crippen molar-refractivity contribution in [2.24, 2.45) is 0 Å². The molecule has 0 aromatic carbocycles. The van der Waals surface area contributed by atoms with Crippen LogP contribution in [0.25, 0.3) is 0 Å². The Labute approximate surface area is 401 Å². The van der Waals surface area contributed by atoms with Crippen molar-refractivity contribution in [2.75, 3.05) is 40.9 Å². The van der Waals surface area contributed by atoms with Crippen LogP contribution in [0.5, 0.6) is 0 Å². The van der Waals surface area contributed by atoms with Crippen molar-refractivity contribution in [3.8, 4) is 0 Å². The number of amides is 1. The number of ether oxygens (including phenoxy) is 1. The number of carbonyl (C=O) groups is 2. The van der Waals surface area contributed by atoms with Gasteiger partial charge >= 0.3 is 5.97 Å². The van der Waals surface area contributed by atoms with E-state index >= 15 is 0 Å². The molecule has 0 saturated carbocycles. The maximum Gasteiger partial charge on any atom is 0.306 e. The fraction of sp³-hybridized carbons (Fsp3) is 0.782. The highest BCUT2D eigenvalue weighted by molar-refractivity contribution is 7.45. The van der Waals surface area contributed by atoms with Gasteiger partial charge in [0, 0.05) is 12.8 Å². The molecule has 0 aliphatic heterocycles. The van der Waals surface area contributed by atoms with E-state index in [2.05, 4.69) is 74.7 Å². The van der Waals surface area contributed by atoms with Crippen LogP contribution in [0.3, 0.4) is 0 Å². The molecule has 0 aliphatic carbocycles. The van der Waals surface area contributed by atoms with Crippen LogP contribution in [-0.2, 0) is 27.9 Å². The molecule has 0 bridgehead atoms. The predicted molar refractivity (Wildman–Crippen MR) is 275 cm³/mol. The Bertz CT molecular complexity index is 1300. The average molecular weight is 933 g/mol. The van der Waals surface area contributed by atoms with Gasteiger partial charge in [-0.3, -0.25) is 14.2 Å². The van der Waals surface area contributed by atoms with Crippen molar-refractivity contribution in [3.63, 3.8) is 0 Å². The Morgan fingerprint density at radius 1 is 0.554 bits per heavy atom. The van der Waals surface area contributed by atoms with E-state index < -0.39 is 26.6 Å². The van der Waals surface area contributed by atoms with Crippen LogP contribution < -0.4 is 10.2 Å². The lowest BCUT2D eigenvalue weighted by Crippen LogP contribution is -2.47. The van der Waals surface area contributed by atoms with Crippen molar-refractivity contribution < 1.29 is 37.3 Å². The molecule has 378 valence electrons. The van der Waals surface area contributed by atoms with Crippen LogP contribution in [-0.4, -0.2) is 69.4 Å². The van der Waals surface area contributed by atoms with E-state index in [-0.39, 0.29) is 24.9 Å². The number of quaternary nitrogens is 1. The average Bonchev–Trinajstić information content (AvgIpc) is 3.26. The molecule has 0 radical (unpaired) electrons. The van der Waals surface area contributed by atoms with Crippen molar-refractivity contribution in [3.05, 3.63) is 60.8 Å². The lowest BCUT2D eigenvalue weighted by molar-refractivity contribution is -0.870. The van der Waals surface area contributed by atoms with E-state index in [1.807, 2.05) is 33.3 Å². The van der Waals surface area contributed by atoms with Gasteiger partial charge in [-0.15, -0.1) is 0 Å². The quantitative estimate of drug-likeness (QED) is 0.0161. The van der Waals surface area contributed by atoms with Crippen LogP contribution in [0.2, 0.25) is 0 Å². The second kappa shape index (κ2) is 45.5. The summed E-state index contributed by atoms with van der Waals surface area (Å²) < 4.78 is 30.1. The molecular formula is C55H101N2O7P. The molecule has 9 nitrogen and oxygen atoms in total. The summed E-state index contributed by atoms with van der Waals surface area (Å²) in [6, 6.07) is -0.896. The topological polar surface area (TPSA) is 114 Å². The molecule has 0 aliphatic rings. The third kappa shape index (κ3) is 46.6. The molecule has 65 heavy (non-hydrogen) atoms. The molecule has 1 N–H and O–H groups in total. The van der Waals surface area contributed by atoms with Crippen LogP contribution in [0.4, 0.5) is 0 Å². The van der Waals surface area contributed by atoms with Crippen molar-refractivity contribution in [1.82, 2.24) is 5.32 Å². The summed E-state index contributed by atoms with van der Waals surface area (Å²) in [6.45, 7) is 6.64. The van der Waals surface area contributed by atoms with E-state index in [1.54, 1.807) is 0 Å². The molecule has 10 heteroatoms. The monoisotopic (exact) mass is 933 g/mol. The summed E-state index contributed by atoms with van der Waals surface area (Å²) in [5, 5.41) is 3.00. The predicted octanol–water partition coefficient (Wildman–Crippen LogP) is 14.9. The Morgan fingerprint density at radius 2 is 1.02 bits per heavy atom. The van der Waals surface area contributed by atoms with E-state index in [4.69, 9.17) is 13.8 Å². The Kier molecular flexibility index (Phi) is 43.9. The van der Waals surface area contributed by atoms with E-state index in [9.17, 15) is 19.0 Å². The van der Waals surface area contributed by atoms with Gasteiger partial charge in [-0.25, -0.2) is 0 Å². The Morgan fingerprint density at radius 3 is 1.55 bits per heavy atom. The van der Waals surface area contributed by atoms with Gasteiger partial charge < -0.3 is 28.5 Å². The molecule has 0 heterocycles. The van der Waals surface area contributed by atoms with Gasteiger partial charge in [0.15, 0.2) is 0 Å². The van der Waals surface area contributed by atoms with E-state index in [0.717, 1.165) is 96.3 Å². The van der Waals surface area contributed by atoms with E-state index in [1.165, 1.54) is 89.9 Å². The summed E-state index contributed by atoms with van der Waals surface area (Å²) >= 11 is 0. The van der Waals surface area contributed by atoms with Crippen LogP contribution in [0.1, 0.15) is 226 Å². The molecule has 0 spiro atoms. The van der Waals surface area contributed by atoms with Gasteiger partial charge in [0.25, 0.3) is 7.82 Å². The minimum absolute atomic E-state index is 0.0275. The maximum atomic E-state index is 13.4. The highest BCUT2D eigenvalue weighted by Gasteiger charge is 2.27. The summed E-state index contributed by atoms with van der Waals surface area (Å²) in [7, 11) is 1.17. The fourth-order valence-electron chi connectivity index (χ4n) is 7.32. The zero-order valence-electron chi connectivity index (χ0n) is 42.9. The molecule has 1 amide bonds. The highest BCUT2D eigenvalue weighted by atomic mass is 31.2. The highest BCUT2D eigenvalue weighted by Crippen LogP contribution is 2.38. The summed E-state index contributed by atoms with van der Waals surface area (Å²) in [6.07, 6.45) is 54.7. The number of nitrogens with zero attached hydrogens (tertiary/aromatic N) is 1. The SMILES string of the molecule is CC/C=C/C=C/C=C/CCCCCCCCCC(=O)OC(/C=C/CCCCCCCCCCCCC)C(COP(=O)([O-])OCC[N+](C)(C)C)NC(=O)CCCCCCC/C=C\CCCC. The number of likely N-dealkylation sites (N-methyl/N-ethyl adjacent to an activating group) is 1. The zero-order chi connectivity index (χ0) is 48.0. The molecular weight excluding hydrogens is 832 g/mol. The minimum atomic E-state index is -4.69. The Hall–Kier alpha value is -2.29. The van der Waals surface area contributed by atoms with Gasteiger partial charge in [-0.05, 0) is 70.3 Å². The fourth-order valence-corrected chi connectivity index (χ4v) is 8.05. The molecule has 0 fully saturated rings. The summed E-state index contributed by atoms with van der Waals surface area (Å²) in [4.78, 5) is 39.7. The third-order valence-electron chi connectivity index (χ3n) is 11.5. The van der Waals surface area contributed by atoms with Crippen molar-refractivity contribution in [2.45, 2.75) is 238 Å². The Balaban J connectivity index is 5.45. The van der Waals surface area contributed by atoms with Crippen LogP contribution >= 0.6 is 7.82 Å². The number of rotatable bonds is 47. The second-order valence-corrected chi connectivity index (χ2v) is 20.5. The third-order valence-corrected chi connectivity index (χ3v) is 12.5. The number of hydrogen-bond acceptors (Lipinski definition) is 7. The molecule has 0 rings (SSSR count). The maximum absolute atomic E-state index is 13.4. The molecule has 3 unspecified atom stereocenters. The van der Waals surface area contributed by atoms with Gasteiger partial charge in [0.1, 0.15) is 19.3 Å². The largest absolute Gasteiger partial charge is 0.756 e. The van der Waals surface area contributed by atoms with Crippen molar-refractivity contribution in [1.29, 1.82) is 0 Å². The standard InChI is InChI=1S/C55H101N2O7P/c1-7-10-13-16-19-22-25-27-28-30-33-36-39-42-45-48-55(59)64-53(46-43-40-37-34-32-29-26-23-20-17-14-11-8-2)52(51-63-65(60,61)62-50-49-57(4,5)6)56-54(58)47-44-41-38-35-31-24-21-18-15-12-9-3/h10,13,16,18-19,21-22,25,43,46,52-53H,7-9,11-12,14-15,17,20,23-24,26-42,44-45,47-51H2,1-6H3,(H-,56,58,60,61)/b13-10+,19-16+,21-18-,25-22+,46-43+. The number of esters is 1. The van der Waals surface area contributed by atoms with Gasteiger partial charge in [-0.1, -0.05) is 204 Å². The zero-order valence-corrected chi connectivity index (χ0v) is 43.8. The molecule has 0 saturated heterocycles. The van der Waals surface area contributed by atoms with Crippen LogP contribution in [0, 0.1) is 0 Å². The van der Waals surface area contributed by atoms with Crippen molar-refractivity contribution >= 4 is 19.7 Å². The van der Waals surface area contributed by atoms with Crippen LogP contribution in [0.15, 0.2) is 60.8 Å².